The lowest BCUT2D eigenvalue weighted by Gasteiger charge is -2.07. The summed E-state index contributed by atoms with van der Waals surface area (Å²) in [6, 6.07) is 8.64. The second-order valence-corrected chi connectivity index (χ2v) is 3.68. The maximum Gasteiger partial charge on any atom is 0.322 e. The van der Waals surface area contributed by atoms with Gasteiger partial charge in [-0.15, -0.1) is 0 Å². The van der Waals surface area contributed by atoms with Gasteiger partial charge in [-0.05, 0) is 0 Å². The molecule has 1 N–H and O–H groups in total. The highest BCUT2D eigenvalue weighted by Crippen LogP contribution is 2.01. The Morgan fingerprint density at radius 2 is 1.78 bits per heavy atom. The van der Waals surface area contributed by atoms with Crippen LogP contribution in [0.3, 0.4) is 0 Å². The van der Waals surface area contributed by atoms with Gasteiger partial charge in [-0.25, -0.2) is 0 Å². The topological polar surface area (TPSA) is 76.6 Å². The molecular weight excluding hydrogens is 234 g/mol. The summed E-state index contributed by atoms with van der Waals surface area (Å²) in [6.07, 6.45) is 2.81. The first-order valence-corrected chi connectivity index (χ1v) is 5.21. The summed E-state index contributed by atoms with van der Waals surface area (Å²) in [4.78, 5) is 23.3. The number of oxime groups is 1. The monoisotopic (exact) mass is 245 g/mol. The van der Waals surface area contributed by atoms with Crippen molar-refractivity contribution in [3.05, 3.63) is 69.0 Å². The molecule has 0 aliphatic rings. The van der Waals surface area contributed by atoms with Gasteiger partial charge >= 0.3 is 11.1 Å². The number of benzene rings is 1. The third-order valence-corrected chi connectivity index (χ3v) is 2.52. The fourth-order valence-corrected chi connectivity index (χ4v) is 1.55. The lowest BCUT2D eigenvalue weighted by Crippen LogP contribution is -2.42. The highest BCUT2D eigenvalue weighted by Gasteiger charge is 2.11. The molecule has 0 aliphatic heterocycles. The van der Waals surface area contributed by atoms with E-state index in [4.69, 9.17) is 5.21 Å². The first kappa shape index (κ1) is 11.8. The lowest BCUT2D eigenvalue weighted by molar-refractivity contribution is 0.317. The summed E-state index contributed by atoms with van der Waals surface area (Å²) in [5.41, 5.74) is -0.915. The van der Waals surface area contributed by atoms with Crippen LogP contribution in [0.4, 0.5) is 0 Å². The second-order valence-electron chi connectivity index (χ2n) is 3.68. The van der Waals surface area contributed by atoms with E-state index in [9.17, 15) is 9.59 Å². The minimum atomic E-state index is -0.767. The fourth-order valence-electron chi connectivity index (χ4n) is 1.55. The SMILES string of the molecule is Cn1ccn(/C(=N/O)c2ccccc2)c(=O)c1=O. The van der Waals surface area contributed by atoms with Gasteiger partial charge in [0.1, 0.15) is 0 Å². The molecule has 0 spiro atoms. The molecule has 0 bridgehead atoms. The molecular formula is C12H11N3O3. The van der Waals surface area contributed by atoms with E-state index < -0.39 is 11.1 Å². The first-order chi connectivity index (χ1) is 8.65. The predicted molar refractivity (Wildman–Crippen MR) is 66.1 cm³/mol. The summed E-state index contributed by atoms with van der Waals surface area (Å²) in [5, 5.41) is 12.1. The van der Waals surface area contributed by atoms with Crippen molar-refractivity contribution in [2.24, 2.45) is 12.2 Å². The zero-order chi connectivity index (χ0) is 13.1. The molecule has 0 fully saturated rings. The maximum atomic E-state index is 11.8. The van der Waals surface area contributed by atoms with Crippen molar-refractivity contribution in [2.45, 2.75) is 0 Å². The summed E-state index contributed by atoms with van der Waals surface area (Å²) in [5.74, 6) is 0.0123. The van der Waals surface area contributed by atoms with Crippen molar-refractivity contribution in [3.8, 4) is 0 Å². The van der Waals surface area contributed by atoms with Crippen LogP contribution < -0.4 is 11.1 Å². The third-order valence-electron chi connectivity index (χ3n) is 2.52. The Labute approximate surface area is 102 Å². The molecule has 2 aromatic rings. The molecule has 18 heavy (non-hydrogen) atoms. The lowest BCUT2D eigenvalue weighted by atomic mass is 10.2. The zero-order valence-corrected chi connectivity index (χ0v) is 9.65. The van der Waals surface area contributed by atoms with E-state index in [1.165, 1.54) is 24.0 Å². The van der Waals surface area contributed by atoms with E-state index in [-0.39, 0.29) is 5.84 Å². The normalized spacial score (nSPS) is 11.5. The Hall–Kier alpha value is -2.63. The largest absolute Gasteiger partial charge is 0.409 e. The Bertz CT molecular complexity index is 698. The summed E-state index contributed by atoms with van der Waals surface area (Å²) in [7, 11) is 1.48. The van der Waals surface area contributed by atoms with Gasteiger partial charge in [0.05, 0.1) is 0 Å². The van der Waals surface area contributed by atoms with Crippen LogP contribution in [0.15, 0.2) is 57.5 Å². The van der Waals surface area contributed by atoms with Gasteiger partial charge < -0.3 is 9.77 Å². The molecule has 1 aromatic carbocycles. The number of aromatic nitrogens is 2. The van der Waals surface area contributed by atoms with E-state index in [2.05, 4.69) is 5.16 Å². The number of hydrogen-bond donors (Lipinski definition) is 1. The van der Waals surface area contributed by atoms with Gasteiger partial charge in [0, 0.05) is 25.0 Å². The van der Waals surface area contributed by atoms with Crippen molar-refractivity contribution in [1.29, 1.82) is 0 Å². The smallest absolute Gasteiger partial charge is 0.322 e. The highest BCUT2D eigenvalue weighted by molar-refractivity contribution is 5.99. The van der Waals surface area contributed by atoms with E-state index in [1.807, 2.05) is 0 Å². The van der Waals surface area contributed by atoms with Crippen molar-refractivity contribution < 1.29 is 5.21 Å². The maximum absolute atomic E-state index is 11.8. The number of hydrogen-bond acceptors (Lipinski definition) is 4. The second kappa shape index (κ2) is 4.70. The van der Waals surface area contributed by atoms with Crippen LogP contribution in [-0.2, 0) is 7.05 Å². The van der Waals surface area contributed by atoms with Gasteiger partial charge in [-0.3, -0.25) is 14.2 Å². The zero-order valence-electron chi connectivity index (χ0n) is 9.65. The van der Waals surface area contributed by atoms with Crippen LogP contribution in [0.5, 0.6) is 0 Å². The number of aryl methyl sites for hydroxylation is 1. The van der Waals surface area contributed by atoms with Crippen molar-refractivity contribution in [2.75, 3.05) is 0 Å². The molecule has 6 heteroatoms. The standard InChI is InChI=1S/C12H11N3O3/c1-14-7-8-15(12(17)11(14)16)10(13-18)9-5-3-2-4-6-9/h2-8,18H,1H3/b13-10+. The van der Waals surface area contributed by atoms with E-state index in [0.717, 1.165) is 4.57 Å². The average molecular weight is 245 g/mol. The molecule has 0 aliphatic carbocycles. The Morgan fingerprint density at radius 3 is 2.39 bits per heavy atom. The molecule has 92 valence electrons. The molecule has 0 saturated carbocycles. The van der Waals surface area contributed by atoms with Gasteiger partial charge in [0.2, 0.25) is 0 Å². The summed E-state index contributed by atoms with van der Waals surface area (Å²) in [6.45, 7) is 0. The van der Waals surface area contributed by atoms with Crippen molar-refractivity contribution in [1.82, 2.24) is 9.13 Å². The van der Waals surface area contributed by atoms with Crippen LogP contribution in [0.1, 0.15) is 5.56 Å². The van der Waals surface area contributed by atoms with Gasteiger partial charge in [-0.1, -0.05) is 35.5 Å². The summed E-state index contributed by atoms with van der Waals surface area (Å²) < 4.78 is 2.18. The van der Waals surface area contributed by atoms with Crippen molar-refractivity contribution in [3.63, 3.8) is 0 Å². The summed E-state index contributed by atoms with van der Waals surface area (Å²) >= 11 is 0. The Balaban J connectivity index is 2.66. The molecule has 1 heterocycles. The van der Waals surface area contributed by atoms with Crippen LogP contribution in [0.2, 0.25) is 0 Å². The van der Waals surface area contributed by atoms with E-state index >= 15 is 0 Å². The quantitative estimate of drug-likeness (QED) is 0.257. The Morgan fingerprint density at radius 1 is 1.11 bits per heavy atom. The molecule has 0 amide bonds. The van der Waals surface area contributed by atoms with Gasteiger partial charge in [-0.2, -0.15) is 0 Å². The molecule has 0 atom stereocenters. The number of rotatable bonds is 1. The molecule has 0 unspecified atom stereocenters. The molecule has 0 radical (unpaired) electrons. The predicted octanol–water partition coefficient (Wildman–Crippen LogP) is 0.231. The molecule has 2 rings (SSSR count). The van der Waals surface area contributed by atoms with E-state index in [1.54, 1.807) is 30.3 Å². The third kappa shape index (κ3) is 1.95. The fraction of sp³-hybridized carbons (Fsp3) is 0.0833. The number of nitrogens with zero attached hydrogens (tertiary/aromatic N) is 3. The minimum Gasteiger partial charge on any atom is -0.409 e. The van der Waals surface area contributed by atoms with Gasteiger partial charge in [0.15, 0.2) is 5.84 Å². The highest BCUT2D eigenvalue weighted by atomic mass is 16.4. The van der Waals surface area contributed by atoms with E-state index in [0.29, 0.717) is 5.56 Å². The minimum absolute atomic E-state index is 0.0123. The first-order valence-electron chi connectivity index (χ1n) is 5.21. The molecule has 1 aromatic heterocycles. The van der Waals surface area contributed by atoms with Crippen LogP contribution in [0, 0.1) is 0 Å². The molecule has 0 saturated heterocycles. The Kier molecular flexibility index (Phi) is 3.09. The van der Waals surface area contributed by atoms with Crippen molar-refractivity contribution >= 4 is 5.84 Å². The van der Waals surface area contributed by atoms with Crippen LogP contribution >= 0.6 is 0 Å². The van der Waals surface area contributed by atoms with Gasteiger partial charge in [0.25, 0.3) is 0 Å². The molecule has 6 nitrogen and oxygen atoms in total. The average Bonchev–Trinajstić information content (AvgIpc) is 2.41. The van der Waals surface area contributed by atoms with Crippen LogP contribution in [-0.4, -0.2) is 20.2 Å². The van der Waals surface area contributed by atoms with Crippen LogP contribution in [0.25, 0.3) is 0 Å².